The van der Waals surface area contributed by atoms with Gasteiger partial charge in [-0.1, -0.05) is 72.8 Å². The minimum atomic E-state index is 0.921. The van der Waals surface area contributed by atoms with Crippen LogP contribution in [0.5, 0.6) is 0 Å². The molecule has 0 atom stereocenters. The van der Waals surface area contributed by atoms with Crippen LogP contribution in [-0.4, -0.2) is 5.87 Å². The second-order valence-electron chi connectivity index (χ2n) is 5.17. The van der Waals surface area contributed by atoms with Crippen LogP contribution in [0.25, 0.3) is 5.57 Å². The normalized spacial score (nSPS) is 9.86. The van der Waals surface area contributed by atoms with Crippen molar-refractivity contribution in [3.63, 3.8) is 0 Å². The van der Waals surface area contributed by atoms with Gasteiger partial charge < -0.3 is 0 Å². The molecule has 0 radical (unpaired) electrons. The smallest absolute Gasteiger partial charge is 0.0732 e. The fourth-order valence-electron chi connectivity index (χ4n) is 2.32. The lowest BCUT2D eigenvalue weighted by molar-refractivity contribution is 1.43. The highest BCUT2D eigenvalue weighted by Gasteiger charge is 2.03. The lowest BCUT2D eigenvalue weighted by Gasteiger charge is -2.04. The molecule has 22 heavy (non-hydrogen) atoms. The molecule has 0 N–H and O–H groups in total. The van der Waals surface area contributed by atoms with E-state index in [2.05, 4.69) is 54.2 Å². The Hall–Kier alpha value is -2.89. The van der Waals surface area contributed by atoms with E-state index in [1.807, 2.05) is 48.5 Å². The van der Waals surface area contributed by atoms with Crippen LogP contribution in [0, 0.1) is 6.92 Å². The Kier molecular flexibility index (Phi) is 4.29. The molecule has 0 amide bonds. The van der Waals surface area contributed by atoms with Crippen molar-refractivity contribution in [3.05, 3.63) is 102 Å². The number of hydrogen-bond acceptors (Lipinski definition) is 1. The Labute approximate surface area is 131 Å². The molecule has 106 valence electrons. The number of aryl methyl sites for hydroxylation is 1. The Morgan fingerprint density at radius 3 is 1.86 bits per heavy atom. The molecule has 1 heteroatoms. The van der Waals surface area contributed by atoms with Crippen molar-refractivity contribution in [1.29, 1.82) is 0 Å². The maximum absolute atomic E-state index is 4.53. The quantitative estimate of drug-likeness (QED) is 0.568. The summed E-state index contributed by atoms with van der Waals surface area (Å²) in [7, 11) is 0. The molecular weight excluding hydrogens is 266 g/mol. The standard InChI is InChI=1S/C21H17N/c1-17-9-8-14-20(15-17)22-16-21(18-10-4-2-5-11-18)19-12-6-3-7-13-19/h2-15H,1H3. The first-order valence-electron chi connectivity index (χ1n) is 7.34. The summed E-state index contributed by atoms with van der Waals surface area (Å²) in [6, 6.07) is 28.6. The highest BCUT2D eigenvalue weighted by Crippen LogP contribution is 2.21. The predicted octanol–water partition coefficient (Wildman–Crippen LogP) is 5.43. The Morgan fingerprint density at radius 1 is 0.727 bits per heavy atom. The number of hydrogen-bond donors (Lipinski definition) is 0. The maximum atomic E-state index is 4.53. The van der Waals surface area contributed by atoms with Crippen LogP contribution in [0.15, 0.2) is 89.9 Å². The molecule has 3 rings (SSSR count). The highest BCUT2D eigenvalue weighted by atomic mass is 14.7. The summed E-state index contributed by atoms with van der Waals surface area (Å²) in [5.74, 6) is 3.24. The van der Waals surface area contributed by atoms with E-state index in [1.54, 1.807) is 0 Å². The fourth-order valence-corrected chi connectivity index (χ4v) is 2.32. The molecule has 0 heterocycles. The van der Waals surface area contributed by atoms with Gasteiger partial charge in [0.1, 0.15) is 0 Å². The van der Waals surface area contributed by atoms with Crippen LogP contribution in [-0.2, 0) is 0 Å². The Bertz CT molecular complexity index is 769. The first-order chi connectivity index (χ1) is 10.8. The third kappa shape index (κ3) is 3.41. The summed E-state index contributed by atoms with van der Waals surface area (Å²) in [4.78, 5) is 4.53. The topological polar surface area (TPSA) is 12.4 Å². The van der Waals surface area contributed by atoms with E-state index in [4.69, 9.17) is 0 Å². The minimum absolute atomic E-state index is 0.921. The molecule has 3 aromatic carbocycles. The molecule has 0 bridgehead atoms. The second-order valence-corrected chi connectivity index (χ2v) is 5.17. The van der Waals surface area contributed by atoms with Gasteiger partial charge in [-0.25, -0.2) is 4.99 Å². The number of nitrogens with zero attached hydrogens (tertiary/aromatic N) is 1. The van der Waals surface area contributed by atoms with Crippen molar-refractivity contribution in [2.24, 2.45) is 4.99 Å². The van der Waals surface area contributed by atoms with Crippen molar-refractivity contribution < 1.29 is 0 Å². The summed E-state index contributed by atoms with van der Waals surface area (Å²) in [6.45, 7) is 2.07. The molecule has 3 aromatic rings. The molecular formula is C21H17N. The van der Waals surface area contributed by atoms with Crippen LogP contribution in [0.3, 0.4) is 0 Å². The molecule has 0 aliphatic heterocycles. The lowest BCUT2D eigenvalue weighted by Crippen LogP contribution is -1.88. The number of rotatable bonds is 3. The van der Waals surface area contributed by atoms with E-state index >= 15 is 0 Å². The molecule has 0 unspecified atom stereocenters. The van der Waals surface area contributed by atoms with Gasteiger partial charge in [-0.05, 0) is 41.6 Å². The van der Waals surface area contributed by atoms with Crippen molar-refractivity contribution in [2.75, 3.05) is 0 Å². The number of benzene rings is 3. The fraction of sp³-hybridized carbons (Fsp3) is 0.0476. The van der Waals surface area contributed by atoms with Gasteiger partial charge in [0, 0.05) is 0 Å². The van der Waals surface area contributed by atoms with E-state index in [0.717, 1.165) is 22.4 Å². The van der Waals surface area contributed by atoms with Gasteiger partial charge in [-0.2, -0.15) is 0 Å². The first-order valence-corrected chi connectivity index (χ1v) is 7.34. The average Bonchev–Trinajstić information content (AvgIpc) is 2.57. The summed E-state index contributed by atoms with van der Waals surface area (Å²) in [6.07, 6.45) is 0. The van der Waals surface area contributed by atoms with Crippen LogP contribution >= 0.6 is 0 Å². The van der Waals surface area contributed by atoms with Gasteiger partial charge in [0.05, 0.1) is 11.3 Å². The molecule has 0 fully saturated rings. The van der Waals surface area contributed by atoms with Gasteiger partial charge in [-0.3, -0.25) is 0 Å². The van der Waals surface area contributed by atoms with Crippen LogP contribution in [0.4, 0.5) is 5.69 Å². The van der Waals surface area contributed by atoms with Gasteiger partial charge in [0.25, 0.3) is 0 Å². The lowest BCUT2D eigenvalue weighted by atomic mass is 9.99. The maximum Gasteiger partial charge on any atom is 0.0732 e. The zero-order valence-corrected chi connectivity index (χ0v) is 12.5. The van der Waals surface area contributed by atoms with Crippen molar-refractivity contribution in [3.8, 4) is 0 Å². The first kappa shape index (κ1) is 14.1. The van der Waals surface area contributed by atoms with Crippen molar-refractivity contribution >= 4 is 17.1 Å². The van der Waals surface area contributed by atoms with E-state index in [9.17, 15) is 0 Å². The summed E-state index contributed by atoms with van der Waals surface area (Å²) in [5.41, 5.74) is 5.35. The summed E-state index contributed by atoms with van der Waals surface area (Å²) < 4.78 is 0. The molecule has 0 spiro atoms. The summed E-state index contributed by atoms with van der Waals surface area (Å²) in [5, 5.41) is 0. The largest absolute Gasteiger partial charge is 0.206 e. The summed E-state index contributed by atoms with van der Waals surface area (Å²) >= 11 is 0. The highest BCUT2D eigenvalue weighted by molar-refractivity contribution is 5.99. The van der Waals surface area contributed by atoms with Crippen LogP contribution < -0.4 is 0 Å². The molecule has 0 aromatic heterocycles. The molecule has 0 aliphatic rings. The molecule has 0 aliphatic carbocycles. The SMILES string of the molecule is Cc1cccc(N=C=C(c2ccccc2)c2ccccc2)c1. The average molecular weight is 283 g/mol. The van der Waals surface area contributed by atoms with E-state index < -0.39 is 0 Å². The van der Waals surface area contributed by atoms with E-state index in [0.29, 0.717) is 0 Å². The van der Waals surface area contributed by atoms with E-state index in [-0.39, 0.29) is 0 Å². The van der Waals surface area contributed by atoms with Gasteiger partial charge in [0.15, 0.2) is 0 Å². The predicted molar refractivity (Wildman–Crippen MR) is 93.7 cm³/mol. The van der Waals surface area contributed by atoms with E-state index in [1.165, 1.54) is 5.56 Å². The minimum Gasteiger partial charge on any atom is -0.206 e. The Morgan fingerprint density at radius 2 is 1.32 bits per heavy atom. The molecule has 0 saturated heterocycles. The third-order valence-corrected chi connectivity index (χ3v) is 3.42. The zero-order valence-electron chi connectivity index (χ0n) is 12.5. The third-order valence-electron chi connectivity index (χ3n) is 3.42. The molecule has 1 nitrogen and oxygen atoms in total. The van der Waals surface area contributed by atoms with Gasteiger partial charge in [0.2, 0.25) is 0 Å². The van der Waals surface area contributed by atoms with Crippen molar-refractivity contribution in [1.82, 2.24) is 0 Å². The van der Waals surface area contributed by atoms with Crippen molar-refractivity contribution in [2.45, 2.75) is 6.92 Å². The monoisotopic (exact) mass is 283 g/mol. The van der Waals surface area contributed by atoms with Crippen LogP contribution in [0.1, 0.15) is 16.7 Å². The second kappa shape index (κ2) is 6.71. The molecule has 0 saturated carbocycles. The Balaban J connectivity index is 2.12. The van der Waals surface area contributed by atoms with Gasteiger partial charge >= 0.3 is 0 Å². The van der Waals surface area contributed by atoms with Gasteiger partial charge in [-0.15, -0.1) is 0 Å². The number of aliphatic imine (C=N–C) groups is 1. The van der Waals surface area contributed by atoms with Crippen LogP contribution in [0.2, 0.25) is 0 Å². The zero-order chi connectivity index (χ0) is 15.2.